The van der Waals surface area contributed by atoms with Crippen molar-refractivity contribution in [2.45, 2.75) is 39.0 Å². The molecule has 11 heteroatoms. The Labute approximate surface area is 226 Å². The predicted molar refractivity (Wildman–Crippen MR) is 145 cm³/mol. The molecule has 1 amide bonds. The van der Waals surface area contributed by atoms with Crippen LogP contribution in [0, 0.1) is 0 Å². The number of aliphatic imine (C=N–C) groups is 1. The highest BCUT2D eigenvalue weighted by molar-refractivity contribution is 6.30. The minimum absolute atomic E-state index is 0.171. The molecule has 1 aliphatic rings. The molecule has 10 nitrogen and oxygen atoms in total. The highest BCUT2D eigenvalue weighted by Gasteiger charge is 2.35. The van der Waals surface area contributed by atoms with Gasteiger partial charge in [-0.1, -0.05) is 41.9 Å². The third-order valence-electron chi connectivity index (χ3n) is 6.19. The molecule has 1 aliphatic heterocycles. The Balaban J connectivity index is 1.52. The molecular formula is C27H31ClN6O4. The minimum atomic E-state index is -0.651. The van der Waals surface area contributed by atoms with E-state index in [9.17, 15) is 9.59 Å². The molecule has 4 rings (SSSR count). The van der Waals surface area contributed by atoms with Gasteiger partial charge in [-0.25, -0.2) is 14.5 Å². The van der Waals surface area contributed by atoms with Gasteiger partial charge >= 0.3 is 5.97 Å². The van der Waals surface area contributed by atoms with E-state index in [0.29, 0.717) is 41.8 Å². The fourth-order valence-corrected chi connectivity index (χ4v) is 4.60. The van der Waals surface area contributed by atoms with Gasteiger partial charge in [-0.15, -0.1) is 0 Å². The summed E-state index contributed by atoms with van der Waals surface area (Å²) in [4.78, 5) is 35.9. The number of fused-ring (bicyclic) bond motifs is 1. The molecule has 0 saturated carbocycles. The summed E-state index contributed by atoms with van der Waals surface area (Å²) >= 11 is 6.70. The number of carbonyl (C=O) groups is 2. The van der Waals surface area contributed by atoms with Crippen LogP contribution in [0.2, 0.25) is 5.15 Å². The second kappa shape index (κ2) is 12.2. The molecule has 0 bridgehead atoms. The Morgan fingerprint density at radius 1 is 1.32 bits per heavy atom. The number of anilines is 1. The van der Waals surface area contributed by atoms with Crippen molar-refractivity contribution >= 4 is 35.5 Å². The Bertz CT molecular complexity index is 1330. The molecule has 1 aromatic carbocycles. The van der Waals surface area contributed by atoms with E-state index in [0.717, 1.165) is 11.1 Å². The largest absolute Gasteiger partial charge is 0.485 e. The molecule has 0 saturated heterocycles. The normalized spacial score (nSPS) is 17.3. The Hall–Kier alpha value is -3.76. The van der Waals surface area contributed by atoms with Crippen LogP contribution in [-0.2, 0) is 22.5 Å². The number of likely N-dealkylation sites (N-methyl/N-ethyl adjacent to an activating group) is 1. The van der Waals surface area contributed by atoms with Crippen molar-refractivity contribution in [1.29, 1.82) is 0 Å². The zero-order valence-electron chi connectivity index (χ0n) is 21.8. The Morgan fingerprint density at radius 2 is 2.08 bits per heavy atom. The number of aromatic nitrogens is 3. The fourth-order valence-electron chi connectivity index (χ4n) is 4.32. The van der Waals surface area contributed by atoms with Crippen molar-refractivity contribution in [2.75, 3.05) is 32.1 Å². The molecule has 200 valence electrons. The maximum absolute atomic E-state index is 13.3. The molecule has 0 unspecified atom stereocenters. The van der Waals surface area contributed by atoms with Crippen molar-refractivity contribution in [3.05, 3.63) is 70.1 Å². The topological polar surface area (TPSA) is 111 Å². The number of ether oxygens (including phenoxy) is 2. The van der Waals surface area contributed by atoms with E-state index in [4.69, 9.17) is 21.1 Å². The number of rotatable bonds is 9. The molecule has 0 fully saturated rings. The van der Waals surface area contributed by atoms with Gasteiger partial charge in [-0.2, -0.15) is 5.10 Å². The molecule has 0 radical (unpaired) electrons. The van der Waals surface area contributed by atoms with E-state index in [2.05, 4.69) is 20.4 Å². The number of hydrogen-bond acceptors (Lipinski definition) is 8. The molecule has 2 aromatic heterocycles. The molecule has 0 spiro atoms. The highest BCUT2D eigenvalue weighted by Crippen LogP contribution is 2.31. The number of benzene rings is 1. The van der Waals surface area contributed by atoms with E-state index < -0.39 is 18.1 Å². The Kier molecular flexibility index (Phi) is 8.75. The summed E-state index contributed by atoms with van der Waals surface area (Å²) in [6.07, 6.45) is 3.18. The number of hydrogen-bond donors (Lipinski definition) is 1. The highest BCUT2D eigenvalue weighted by atomic mass is 35.5. The zero-order chi connectivity index (χ0) is 27.2. The average Bonchev–Trinajstić information content (AvgIpc) is 3.17. The first-order valence-corrected chi connectivity index (χ1v) is 12.8. The first-order valence-electron chi connectivity index (χ1n) is 12.4. The van der Waals surface area contributed by atoms with Gasteiger partial charge in [-0.05, 0) is 31.9 Å². The molecule has 3 heterocycles. The van der Waals surface area contributed by atoms with Crippen LogP contribution in [0.15, 0.2) is 47.6 Å². The third-order valence-corrected chi connectivity index (χ3v) is 6.62. The van der Waals surface area contributed by atoms with Gasteiger partial charge in [0.15, 0.2) is 17.3 Å². The maximum Gasteiger partial charge on any atom is 0.359 e. The number of pyridine rings is 1. The van der Waals surface area contributed by atoms with Gasteiger partial charge in [0.1, 0.15) is 17.3 Å². The van der Waals surface area contributed by atoms with Gasteiger partial charge in [0.2, 0.25) is 5.91 Å². The van der Waals surface area contributed by atoms with Gasteiger partial charge in [-0.3, -0.25) is 14.7 Å². The summed E-state index contributed by atoms with van der Waals surface area (Å²) in [6.45, 7) is 4.54. The number of nitrogens with one attached hydrogen (secondary N) is 1. The SMILES string of the molecule is CCOC(=O)c1nn(Cc2ccccc2)c(Cl)c1CCN[C@@H]1C(=O)N(C)c2ncc(/C=N/C)cc2O[C@@H]1C. The molecule has 2 atom stereocenters. The van der Waals surface area contributed by atoms with E-state index in [-0.39, 0.29) is 18.2 Å². The van der Waals surface area contributed by atoms with Crippen molar-refractivity contribution in [3.8, 4) is 5.75 Å². The first kappa shape index (κ1) is 27.3. The lowest BCUT2D eigenvalue weighted by atomic mass is 10.1. The van der Waals surface area contributed by atoms with E-state index in [1.54, 1.807) is 38.1 Å². The number of nitrogens with zero attached hydrogens (tertiary/aromatic N) is 5. The lowest BCUT2D eigenvalue weighted by Crippen LogP contribution is -2.51. The van der Waals surface area contributed by atoms with Crippen LogP contribution in [0.25, 0.3) is 0 Å². The van der Waals surface area contributed by atoms with Crippen LogP contribution in [0.4, 0.5) is 5.82 Å². The summed E-state index contributed by atoms with van der Waals surface area (Å²) in [6, 6.07) is 10.9. The standard InChI is InChI=1S/C27H31ClN6O4/c1-5-37-27(36)23-20(24(28)34(32-23)16-18-9-7-6-8-10-18)11-12-30-22-17(2)38-21-13-19(14-29-3)15-31-25(21)33(4)26(22)35/h6-10,13-15,17,22,30H,5,11-12,16H2,1-4H3/b29-14+/t17-,22+/m1/s1. The third kappa shape index (κ3) is 5.87. The number of carbonyl (C=O) groups excluding carboxylic acids is 2. The molecule has 1 N–H and O–H groups in total. The van der Waals surface area contributed by atoms with Crippen molar-refractivity contribution in [3.63, 3.8) is 0 Å². The average molecular weight is 539 g/mol. The number of amides is 1. The van der Waals surface area contributed by atoms with E-state index in [1.807, 2.05) is 43.3 Å². The lowest BCUT2D eigenvalue weighted by molar-refractivity contribution is -0.121. The van der Waals surface area contributed by atoms with E-state index in [1.165, 1.54) is 4.90 Å². The van der Waals surface area contributed by atoms with Crippen LogP contribution >= 0.6 is 11.6 Å². The summed E-state index contributed by atoms with van der Waals surface area (Å²) in [5, 5.41) is 8.10. The lowest BCUT2D eigenvalue weighted by Gasteiger charge is -2.23. The molecule has 38 heavy (non-hydrogen) atoms. The summed E-state index contributed by atoms with van der Waals surface area (Å²) in [5.41, 5.74) is 2.51. The van der Waals surface area contributed by atoms with E-state index >= 15 is 0 Å². The smallest absolute Gasteiger partial charge is 0.359 e. The van der Waals surface area contributed by atoms with Crippen LogP contribution in [0.5, 0.6) is 5.75 Å². The van der Waals surface area contributed by atoms with Gasteiger partial charge in [0.25, 0.3) is 0 Å². The first-order chi connectivity index (χ1) is 18.3. The van der Waals surface area contributed by atoms with Gasteiger partial charge in [0, 0.05) is 44.2 Å². The van der Waals surface area contributed by atoms with Crippen molar-refractivity contribution < 1.29 is 19.1 Å². The number of halogens is 1. The Morgan fingerprint density at radius 3 is 2.79 bits per heavy atom. The van der Waals surface area contributed by atoms with Gasteiger partial charge < -0.3 is 14.8 Å². The maximum atomic E-state index is 13.3. The molecule has 0 aliphatic carbocycles. The summed E-state index contributed by atoms with van der Waals surface area (Å²) in [5.74, 6) is 0.224. The number of esters is 1. The van der Waals surface area contributed by atoms with Crippen LogP contribution in [0.1, 0.15) is 41.0 Å². The van der Waals surface area contributed by atoms with Crippen molar-refractivity contribution in [2.24, 2.45) is 4.99 Å². The minimum Gasteiger partial charge on any atom is -0.485 e. The van der Waals surface area contributed by atoms with Crippen molar-refractivity contribution in [1.82, 2.24) is 20.1 Å². The van der Waals surface area contributed by atoms with Crippen LogP contribution < -0.4 is 15.0 Å². The second-order valence-electron chi connectivity index (χ2n) is 8.86. The quantitative estimate of drug-likeness (QED) is 0.329. The molecular weight excluding hydrogens is 508 g/mol. The zero-order valence-corrected chi connectivity index (χ0v) is 22.6. The second-order valence-corrected chi connectivity index (χ2v) is 9.22. The van der Waals surface area contributed by atoms with Crippen LogP contribution in [0.3, 0.4) is 0 Å². The fraction of sp³-hybridized carbons (Fsp3) is 0.370. The monoisotopic (exact) mass is 538 g/mol. The summed E-state index contributed by atoms with van der Waals surface area (Å²) in [7, 11) is 3.34. The van der Waals surface area contributed by atoms with Gasteiger partial charge in [0.05, 0.1) is 13.2 Å². The van der Waals surface area contributed by atoms with Crippen LogP contribution in [-0.4, -0.2) is 72.2 Å². The molecule has 3 aromatic rings. The summed E-state index contributed by atoms with van der Waals surface area (Å²) < 4.78 is 12.9. The predicted octanol–water partition coefficient (Wildman–Crippen LogP) is 3.15.